The summed E-state index contributed by atoms with van der Waals surface area (Å²) in [6.45, 7) is 4.82. The second-order valence-electron chi connectivity index (χ2n) is 5.91. The lowest BCUT2D eigenvalue weighted by molar-refractivity contribution is -0.141. The molecule has 3 N–H and O–H groups in total. The molecule has 0 aliphatic heterocycles. The minimum atomic E-state index is -4.53. The van der Waals surface area contributed by atoms with Gasteiger partial charge in [-0.05, 0) is 26.3 Å². The van der Waals surface area contributed by atoms with Crippen molar-refractivity contribution in [2.75, 3.05) is 37.0 Å². The summed E-state index contributed by atoms with van der Waals surface area (Å²) in [5.74, 6) is 0.430. The molecule has 1 rings (SSSR count). The van der Waals surface area contributed by atoms with Crippen molar-refractivity contribution in [2.45, 2.75) is 32.5 Å². The summed E-state index contributed by atoms with van der Waals surface area (Å²) in [5, 5.41) is 8.79. The SMILES string of the molecule is CCNC(=NCCNc1nccc(C(F)(F)F)n1)NC(C)CCS(C)(=O)=O. The molecule has 12 heteroatoms. The van der Waals surface area contributed by atoms with Crippen LogP contribution in [-0.2, 0) is 16.0 Å². The van der Waals surface area contributed by atoms with Gasteiger partial charge >= 0.3 is 6.18 Å². The monoisotopic (exact) mass is 410 g/mol. The molecular formula is C15H25F3N6O2S. The molecule has 8 nitrogen and oxygen atoms in total. The summed E-state index contributed by atoms with van der Waals surface area (Å²) >= 11 is 0. The van der Waals surface area contributed by atoms with E-state index in [0.717, 1.165) is 12.3 Å². The normalized spacial score (nSPS) is 13.9. The number of anilines is 1. The molecule has 0 aliphatic carbocycles. The zero-order chi connectivity index (χ0) is 20.5. The molecule has 0 amide bonds. The van der Waals surface area contributed by atoms with Gasteiger partial charge in [0.05, 0.1) is 12.3 Å². The summed E-state index contributed by atoms with van der Waals surface area (Å²) in [5.41, 5.74) is -1.02. The Balaban J connectivity index is 2.54. The van der Waals surface area contributed by atoms with Crippen LogP contribution in [0.2, 0.25) is 0 Å². The van der Waals surface area contributed by atoms with Crippen LogP contribution in [0.1, 0.15) is 26.0 Å². The highest BCUT2D eigenvalue weighted by Gasteiger charge is 2.32. The number of halogens is 3. The molecule has 1 aromatic heterocycles. The molecule has 1 unspecified atom stereocenters. The molecule has 0 saturated heterocycles. The number of nitrogens with zero attached hydrogens (tertiary/aromatic N) is 3. The lowest BCUT2D eigenvalue weighted by Crippen LogP contribution is -2.43. The van der Waals surface area contributed by atoms with Crippen molar-refractivity contribution in [3.8, 4) is 0 Å². The van der Waals surface area contributed by atoms with Crippen molar-refractivity contribution >= 4 is 21.7 Å². The first kappa shape index (κ1) is 22.9. The number of rotatable bonds is 9. The van der Waals surface area contributed by atoms with Crippen molar-refractivity contribution in [3.63, 3.8) is 0 Å². The smallest absolute Gasteiger partial charge is 0.357 e. The minimum absolute atomic E-state index is 0.0645. The van der Waals surface area contributed by atoms with Crippen molar-refractivity contribution in [1.82, 2.24) is 20.6 Å². The highest BCUT2D eigenvalue weighted by atomic mass is 32.2. The van der Waals surface area contributed by atoms with E-state index in [-0.39, 0.29) is 30.8 Å². The maximum absolute atomic E-state index is 12.6. The van der Waals surface area contributed by atoms with Gasteiger partial charge in [-0.1, -0.05) is 0 Å². The van der Waals surface area contributed by atoms with Crippen molar-refractivity contribution in [2.24, 2.45) is 4.99 Å². The van der Waals surface area contributed by atoms with Crippen LogP contribution in [0.15, 0.2) is 17.3 Å². The van der Waals surface area contributed by atoms with Gasteiger partial charge in [-0.15, -0.1) is 0 Å². The number of nitrogens with one attached hydrogen (secondary N) is 3. The summed E-state index contributed by atoms with van der Waals surface area (Å²) in [6, 6.07) is 0.686. The van der Waals surface area contributed by atoms with Gasteiger partial charge in [-0.25, -0.2) is 18.4 Å². The molecular weight excluding hydrogens is 385 g/mol. The molecule has 27 heavy (non-hydrogen) atoms. The van der Waals surface area contributed by atoms with E-state index in [9.17, 15) is 21.6 Å². The zero-order valence-electron chi connectivity index (χ0n) is 15.5. The number of aliphatic imine (C=N–C) groups is 1. The molecule has 1 heterocycles. The maximum Gasteiger partial charge on any atom is 0.433 e. The summed E-state index contributed by atoms with van der Waals surface area (Å²) < 4.78 is 60.3. The van der Waals surface area contributed by atoms with Gasteiger partial charge in [0.1, 0.15) is 15.5 Å². The topological polar surface area (TPSA) is 108 Å². The van der Waals surface area contributed by atoms with E-state index >= 15 is 0 Å². The third-order valence-corrected chi connectivity index (χ3v) is 4.24. The highest BCUT2D eigenvalue weighted by molar-refractivity contribution is 7.90. The number of sulfone groups is 1. The third-order valence-electron chi connectivity index (χ3n) is 3.26. The molecule has 0 fully saturated rings. The van der Waals surface area contributed by atoms with Gasteiger partial charge in [0.25, 0.3) is 0 Å². The van der Waals surface area contributed by atoms with Gasteiger partial charge in [-0.3, -0.25) is 4.99 Å². The van der Waals surface area contributed by atoms with Gasteiger partial charge in [0.2, 0.25) is 5.95 Å². The highest BCUT2D eigenvalue weighted by Crippen LogP contribution is 2.27. The standard InChI is InChI=1S/C15H25F3N6O2S/c1-4-19-13(23-11(2)6-10-27(3,25)26)21-8-9-22-14-20-7-5-12(24-14)15(16,17)18/h5,7,11H,4,6,8-10H2,1-3H3,(H2,19,21,23)(H,20,22,24). The number of alkyl halides is 3. The summed E-state index contributed by atoms with van der Waals surface area (Å²) in [4.78, 5) is 11.4. The van der Waals surface area contributed by atoms with Crippen LogP contribution in [-0.4, -0.2) is 62.0 Å². The van der Waals surface area contributed by atoms with Gasteiger partial charge < -0.3 is 16.0 Å². The molecule has 0 aromatic carbocycles. The van der Waals surface area contributed by atoms with Gasteiger partial charge in [0, 0.05) is 31.6 Å². The summed E-state index contributed by atoms with van der Waals surface area (Å²) in [6.07, 6.45) is -1.88. The van der Waals surface area contributed by atoms with E-state index in [1.807, 2.05) is 13.8 Å². The van der Waals surface area contributed by atoms with E-state index in [2.05, 4.69) is 30.9 Å². The van der Waals surface area contributed by atoms with Crippen molar-refractivity contribution in [1.29, 1.82) is 0 Å². The van der Waals surface area contributed by atoms with E-state index in [1.165, 1.54) is 6.26 Å². The van der Waals surface area contributed by atoms with Crippen molar-refractivity contribution in [3.05, 3.63) is 18.0 Å². The molecule has 1 atom stereocenters. The number of aromatic nitrogens is 2. The summed E-state index contributed by atoms with van der Waals surface area (Å²) in [7, 11) is -3.04. The van der Waals surface area contributed by atoms with Crippen molar-refractivity contribution < 1.29 is 21.6 Å². The second-order valence-corrected chi connectivity index (χ2v) is 8.17. The fourth-order valence-corrected chi connectivity index (χ4v) is 2.74. The Labute approximate surface area is 157 Å². The van der Waals surface area contributed by atoms with E-state index in [0.29, 0.717) is 18.9 Å². The van der Waals surface area contributed by atoms with Crippen LogP contribution < -0.4 is 16.0 Å². The first-order chi connectivity index (χ1) is 12.5. The maximum atomic E-state index is 12.6. The first-order valence-electron chi connectivity index (χ1n) is 8.38. The molecule has 0 saturated carbocycles. The van der Waals surface area contributed by atoms with E-state index in [4.69, 9.17) is 0 Å². The fraction of sp³-hybridized carbons (Fsp3) is 0.667. The molecule has 0 bridgehead atoms. The first-order valence-corrected chi connectivity index (χ1v) is 10.4. The van der Waals surface area contributed by atoms with Crippen LogP contribution in [0.5, 0.6) is 0 Å². The Morgan fingerprint density at radius 2 is 2.07 bits per heavy atom. The Bertz CT molecular complexity index is 725. The van der Waals surface area contributed by atoms with E-state index < -0.39 is 21.7 Å². The molecule has 154 valence electrons. The lowest BCUT2D eigenvalue weighted by Gasteiger charge is -2.17. The van der Waals surface area contributed by atoms with Crippen LogP contribution in [0.4, 0.5) is 19.1 Å². The Hall–Kier alpha value is -2.11. The second kappa shape index (κ2) is 10.3. The quantitative estimate of drug-likeness (QED) is 0.320. The van der Waals surface area contributed by atoms with Crippen LogP contribution >= 0.6 is 0 Å². The Morgan fingerprint density at radius 3 is 2.67 bits per heavy atom. The average molecular weight is 410 g/mol. The Kier molecular flexibility index (Phi) is 8.73. The molecule has 0 aliphatic rings. The fourth-order valence-electron chi connectivity index (χ4n) is 1.95. The number of hydrogen-bond acceptors (Lipinski definition) is 6. The minimum Gasteiger partial charge on any atom is -0.357 e. The largest absolute Gasteiger partial charge is 0.433 e. The van der Waals surface area contributed by atoms with Gasteiger partial charge in [-0.2, -0.15) is 13.2 Å². The number of hydrogen-bond donors (Lipinski definition) is 3. The molecule has 0 radical (unpaired) electrons. The molecule has 1 aromatic rings. The van der Waals surface area contributed by atoms with Crippen LogP contribution in [0.25, 0.3) is 0 Å². The van der Waals surface area contributed by atoms with Crippen LogP contribution in [0, 0.1) is 0 Å². The lowest BCUT2D eigenvalue weighted by atomic mass is 10.3. The molecule has 0 spiro atoms. The van der Waals surface area contributed by atoms with E-state index in [1.54, 1.807) is 0 Å². The average Bonchev–Trinajstić information content (AvgIpc) is 2.56. The predicted octanol–water partition coefficient (Wildman–Crippen LogP) is 1.29. The third kappa shape index (κ3) is 9.97. The predicted molar refractivity (Wildman–Crippen MR) is 98.4 cm³/mol. The van der Waals surface area contributed by atoms with Gasteiger partial charge in [0.15, 0.2) is 5.96 Å². The number of guanidine groups is 1. The Morgan fingerprint density at radius 1 is 1.37 bits per heavy atom. The zero-order valence-corrected chi connectivity index (χ0v) is 16.3. The van der Waals surface area contributed by atoms with Crippen LogP contribution in [0.3, 0.4) is 0 Å².